The van der Waals surface area contributed by atoms with Crippen LogP contribution in [0.3, 0.4) is 0 Å². The van der Waals surface area contributed by atoms with Crippen molar-refractivity contribution < 1.29 is 9.36 Å². The van der Waals surface area contributed by atoms with Crippen molar-refractivity contribution in [1.29, 1.82) is 0 Å². The van der Waals surface area contributed by atoms with Crippen LogP contribution in [0.4, 0.5) is 0 Å². The number of hydrogen-bond acceptors (Lipinski definition) is 2. The van der Waals surface area contributed by atoms with Crippen LogP contribution in [0.1, 0.15) is 13.8 Å². The Kier molecular flexibility index (Phi) is 3.98. The van der Waals surface area contributed by atoms with Crippen molar-refractivity contribution in [2.24, 2.45) is 0 Å². The first-order chi connectivity index (χ1) is 4.09. The molecule has 1 atom stereocenters. The van der Waals surface area contributed by atoms with Crippen molar-refractivity contribution in [3.8, 4) is 0 Å². The van der Waals surface area contributed by atoms with E-state index in [1.165, 1.54) is 4.67 Å². The zero-order valence-corrected chi connectivity index (χ0v) is 7.26. The second-order valence-electron chi connectivity index (χ2n) is 1.89. The van der Waals surface area contributed by atoms with Gasteiger partial charge in [0.25, 0.3) is 0 Å². The van der Waals surface area contributed by atoms with Gasteiger partial charge in [-0.25, -0.2) is 0 Å². The zero-order valence-electron chi connectivity index (χ0n) is 5.37. The Bertz CT molecular complexity index is 128. The van der Waals surface area contributed by atoms with E-state index in [9.17, 15) is 9.36 Å². The van der Waals surface area contributed by atoms with Gasteiger partial charge in [0, 0.05) is 6.04 Å². The zero-order chi connectivity index (χ0) is 7.44. The van der Waals surface area contributed by atoms with E-state index in [1.807, 2.05) is 0 Å². The molecule has 0 aliphatic carbocycles. The maximum atomic E-state index is 10.6. The summed E-state index contributed by atoms with van der Waals surface area (Å²) in [5, 5.41) is 0. The van der Waals surface area contributed by atoms with Gasteiger partial charge in [0.05, 0.1) is 0 Å². The third kappa shape index (κ3) is 2.92. The van der Waals surface area contributed by atoms with Gasteiger partial charge in [0.15, 0.2) is 0 Å². The van der Waals surface area contributed by atoms with Gasteiger partial charge < -0.3 is 0 Å². The highest BCUT2D eigenvalue weighted by Crippen LogP contribution is 2.31. The SMILES string of the molecule is CC(C)N(C=O)[PH](=O)S. The second kappa shape index (κ2) is 3.96. The summed E-state index contributed by atoms with van der Waals surface area (Å²) >= 11 is 3.65. The van der Waals surface area contributed by atoms with Gasteiger partial charge in [-0.05, 0) is 13.8 Å². The molecule has 0 rings (SSSR count). The first-order valence-electron chi connectivity index (χ1n) is 2.56. The van der Waals surface area contributed by atoms with Crippen LogP contribution < -0.4 is 0 Å². The van der Waals surface area contributed by atoms with Crippen LogP contribution in [0.5, 0.6) is 0 Å². The Hall–Kier alpha value is 0.0500. The first kappa shape index (κ1) is 9.05. The van der Waals surface area contributed by atoms with Crippen LogP contribution in [0.2, 0.25) is 0 Å². The number of hydrogen-bond donors (Lipinski definition) is 1. The largest absolute Gasteiger partial charge is 0.292 e. The van der Waals surface area contributed by atoms with E-state index in [0.717, 1.165) is 0 Å². The Morgan fingerprint density at radius 1 is 1.67 bits per heavy atom. The van der Waals surface area contributed by atoms with Crippen LogP contribution in [-0.4, -0.2) is 17.1 Å². The van der Waals surface area contributed by atoms with Crippen molar-refractivity contribution >= 4 is 25.8 Å². The topological polar surface area (TPSA) is 37.4 Å². The smallest absolute Gasteiger partial charge is 0.215 e. The highest BCUT2D eigenvalue weighted by molar-refractivity contribution is 8.39. The predicted octanol–water partition coefficient (Wildman–Crippen LogP) is 1.17. The van der Waals surface area contributed by atoms with Crippen LogP contribution >= 0.6 is 19.4 Å². The molecule has 0 aromatic carbocycles. The molecule has 0 N–H and O–H groups in total. The molecule has 0 bridgehead atoms. The lowest BCUT2D eigenvalue weighted by Crippen LogP contribution is -2.20. The average Bonchev–Trinajstić information content (AvgIpc) is 1.64. The first-order valence-corrected chi connectivity index (χ1v) is 5.20. The van der Waals surface area contributed by atoms with Gasteiger partial charge in [-0.15, -0.1) is 0 Å². The normalized spacial score (nSPS) is 13.3. The number of carbonyl (C=O) groups is 1. The maximum Gasteiger partial charge on any atom is 0.215 e. The average molecular weight is 167 g/mol. The number of nitrogens with zero attached hydrogens (tertiary/aromatic N) is 1. The Balaban J connectivity index is 3.98. The van der Waals surface area contributed by atoms with Crippen molar-refractivity contribution in [1.82, 2.24) is 4.67 Å². The number of thiol groups is 1. The van der Waals surface area contributed by atoms with Crippen LogP contribution in [0.15, 0.2) is 0 Å². The molecule has 1 amide bonds. The fourth-order valence-corrected chi connectivity index (χ4v) is 1.75. The summed E-state index contributed by atoms with van der Waals surface area (Å²) in [5.74, 6) is 0. The molecule has 0 aliphatic rings. The summed E-state index contributed by atoms with van der Waals surface area (Å²) in [6, 6.07) is -0.0219. The summed E-state index contributed by atoms with van der Waals surface area (Å²) in [5.41, 5.74) is 0. The van der Waals surface area contributed by atoms with Crippen molar-refractivity contribution in [3.05, 3.63) is 0 Å². The fraction of sp³-hybridized carbons (Fsp3) is 0.750. The summed E-state index contributed by atoms with van der Waals surface area (Å²) < 4.78 is 11.7. The van der Waals surface area contributed by atoms with Crippen molar-refractivity contribution in [2.45, 2.75) is 19.9 Å². The molecule has 0 heterocycles. The van der Waals surface area contributed by atoms with Crippen molar-refractivity contribution in [3.63, 3.8) is 0 Å². The quantitative estimate of drug-likeness (QED) is 0.389. The molecule has 0 aliphatic heterocycles. The van der Waals surface area contributed by atoms with Crippen LogP contribution in [0, 0.1) is 0 Å². The maximum absolute atomic E-state index is 10.6. The molecule has 1 unspecified atom stereocenters. The molecular weight excluding hydrogens is 157 g/mol. The van der Waals surface area contributed by atoms with E-state index < -0.39 is 7.15 Å². The molecule has 0 aromatic heterocycles. The Labute approximate surface area is 60.4 Å². The van der Waals surface area contributed by atoms with Gasteiger partial charge in [0.1, 0.15) is 0 Å². The minimum Gasteiger partial charge on any atom is -0.292 e. The highest BCUT2D eigenvalue weighted by atomic mass is 32.7. The fourth-order valence-electron chi connectivity index (χ4n) is 0.388. The van der Waals surface area contributed by atoms with Crippen LogP contribution in [-0.2, 0) is 9.36 Å². The standard InChI is InChI=1S/C4H10NO2PS/c1-4(2)5(3-6)8(7)9/h3-4,8H,1-2H3,(H,7,9). The number of rotatable bonds is 3. The Morgan fingerprint density at radius 3 is 2.11 bits per heavy atom. The molecule has 0 radical (unpaired) electrons. The molecule has 0 aromatic rings. The van der Waals surface area contributed by atoms with Gasteiger partial charge in [-0.3, -0.25) is 14.0 Å². The summed E-state index contributed by atoms with van der Waals surface area (Å²) in [7, 11) is -2.11. The molecule has 0 saturated heterocycles. The lowest BCUT2D eigenvalue weighted by Gasteiger charge is -2.17. The van der Waals surface area contributed by atoms with Gasteiger partial charge in [-0.1, -0.05) is 12.2 Å². The van der Waals surface area contributed by atoms with Crippen LogP contribution in [0.25, 0.3) is 0 Å². The molecule has 0 fully saturated rings. The van der Waals surface area contributed by atoms with Gasteiger partial charge in [-0.2, -0.15) is 0 Å². The second-order valence-corrected chi connectivity index (χ2v) is 4.12. The highest BCUT2D eigenvalue weighted by Gasteiger charge is 2.08. The molecule has 0 saturated carbocycles. The van der Waals surface area contributed by atoms with E-state index in [2.05, 4.69) is 12.2 Å². The third-order valence-corrected chi connectivity index (χ3v) is 2.65. The van der Waals surface area contributed by atoms with E-state index in [4.69, 9.17) is 0 Å². The molecule has 0 spiro atoms. The van der Waals surface area contributed by atoms with E-state index in [1.54, 1.807) is 13.8 Å². The molecule has 54 valence electrons. The van der Waals surface area contributed by atoms with Crippen molar-refractivity contribution in [2.75, 3.05) is 0 Å². The summed E-state index contributed by atoms with van der Waals surface area (Å²) in [4.78, 5) is 10.1. The number of carbonyl (C=O) groups excluding carboxylic acids is 1. The molecule has 5 heteroatoms. The molecule has 3 nitrogen and oxygen atoms in total. The summed E-state index contributed by atoms with van der Waals surface area (Å²) in [6.07, 6.45) is 0.555. The van der Waals surface area contributed by atoms with E-state index in [0.29, 0.717) is 6.41 Å². The lowest BCUT2D eigenvalue weighted by atomic mass is 10.4. The third-order valence-electron chi connectivity index (χ3n) is 0.891. The minimum atomic E-state index is -2.11. The minimum absolute atomic E-state index is 0.0219. The summed E-state index contributed by atoms with van der Waals surface area (Å²) in [6.45, 7) is 3.57. The molecule has 9 heavy (non-hydrogen) atoms. The lowest BCUT2D eigenvalue weighted by molar-refractivity contribution is -0.114. The molecular formula is C4H10NO2PS. The van der Waals surface area contributed by atoms with Gasteiger partial charge in [0.2, 0.25) is 13.6 Å². The van der Waals surface area contributed by atoms with E-state index in [-0.39, 0.29) is 6.04 Å². The number of amides is 1. The Morgan fingerprint density at radius 2 is 2.11 bits per heavy atom. The van der Waals surface area contributed by atoms with E-state index >= 15 is 0 Å². The monoisotopic (exact) mass is 167 g/mol. The predicted molar refractivity (Wildman–Crippen MR) is 41.0 cm³/mol. The van der Waals surface area contributed by atoms with Gasteiger partial charge >= 0.3 is 0 Å².